The minimum absolute atomic E-state index is 0.0808. The van der Waals surface area contributed by atoms with Crippen LogP contribution in [-0.4, -0.2) is 68.5 Å². The minimum Gasteiger partial charge on any atom is -0.338 e. The van der Waals surface area contributed by atoms with E-state index in [9.17, 15) is 13.2 Å². The molecule has 0 aromatic heterocycles. The van der Waals surface area contributed by atoms with E-state index in [-0.39, 0.29) is 17.5 Å². The quantitative estimate of drug-likeness (QED) is 0.855. The van der Waals surface area contributed by atoms with Gasteiger partial charge in [-0.3, -0.25) is 4.90 Å². The third kappa shape index (κ3) is 5.44. The molecule has 1 atom stereocenters. The average molecular weight is 365 g/mol. The van der Waals surface area contributed by atoms with E-state index < -0.39 is 9.84 Å². The molecule has 1 aromatic rings. The van der Waals surface area contributed by atoms with Gasteiger partial charge < -0.3 is 10.2 Å². The van der Waals surface area contributed by atoms with Crippen LogP contribution in [0, 0.1) is 5.92 Å². The smallest absolute Gasteiger partial charge is 0.317 e. The molecule has 0 unspecified atom stereocenters. The number of carbonyl (C=O) groups is 1. The molecule has 2 saturated heterocycles. The number of carbonyl (C=O) groups excluding carboxylic acids is 1. The maximum Gasteiger partial charge on any atom is 0.317 e. The first-order chi connectivity index (χ1) is 12.0. The van der Waals surface area contributed by atoms with Gasteiger partial charge in [-0.25, -0.2) is 13.2 Å². The third-order valence-electron chi connectivity index (χ3n) is 5.08. The fraction of sp³-hybridized carbons (Fsp3) is 0.611. The highest BCUT2D eigenvalue weighted by molar-refractivity contribution is 7.91. The van der Waals surface area contributed by atoms with E-state index >= 15 is 0 Å². The van der Waals surface area contributed by atoms with Crippen molar-refractivity contribution in [2.24, 2.45) is 5.92 Å². The first kappa shape index (κ1) is 18.2. The second-order valence-electron chi connectivity index (χ2n) is 7.03. The van der Waals surface area contributed by atoms with E-state index in [2.05, 4.69) is 34.5 Å². The van der Waals surface area contributed by atoms with Gasteiger partial charge in [0.25, 0.3) is 0 Å². The van der Waals surface area contributed by atoms with Gasteiger partial charge >= 0.3 is 6.03 Å². The van der Waals surface area contributed by atoms with Crippen molar-refractivity contribution in [3.05, 3.63) is 35.9 Å². The molecule has 6 nitrogen and oxygen atoms in total. The second kappa shape index (κ2) is 8.19. The highest BCUT2D eigenvalue weighted by atomic mass is 32.2. The molecule has 0 saturated carbocycles. The first-order valence-electron chi connectivity index (χ1n) is 9.01. The summed E-state index contributed by atoms with van der Waals surface area (Å²) >= 11 is 0. The molecule has 0 bridgehead atoms. The molecule has 0 radical (unpaired) electrons. The molecule has 2 heterocycles. The molecular formula is C18H27N3O3S. The minimum atomic E-state index is -2.94. The molecule has 1 aromatic carbocycles. The van der Waals surface area contributed by atoms with E-state index in [1.54, 1.807) is 4.90 Å². The summed E-state index contributed by atoms with van der Waals surface area (Å²) in [5, 5.41) is 2.94. The standard InChI is InChI=1S/C18H27N3O3S/c22-18(21-10-12-25(23,24)13-11-21)19-8-6-17-7-9-20(15-17)14-16-4-2-1-3-5-16/h1-5,17H,6-15H2,(H,19,22)/t17-/m1/s1. The molecule has 138 valence electrons. The van der Waals surface area contributed by atoms with Crippen LogP contribution in [0.3, 0.4) is 0 Å². The summed E-state index contributed by atoms with van der Waals surface area (Å²) in [6.45, 7) is 4.45. The summed E-state index contributed by atoms with van der Waals surface area (Å²) in [5.74, 6) is 0.778. The van der Waals surface area contributed by atoms with Crippen molar-refractivity contribution in [2.45, 2.75) is 19.4 Å². The van der Waals surface area contributed by atoms with Gasteiger partial charge in [-0.2, -0.15) is 0 Å². The predicted molar refractivity (Wildman–Crippen MR) is 98.1 cm³/mol. The zero-order valence-electron chi connectivity index (χ0n) is 14.6. The average Bonchev–Trinajstić information content (AvgIpc) is 3.03. The van der Waals surface area contributed by atoms with Gasteiger partial charge in [-0.1, -0.05) is 30.3 Å². The molecule has 2 aliphatic heterocycles. The Morgan fingerprint density at radius 1 is 1.12 bits per heavy atom. The molecule has 3 rings (SSSR count). The zero-order valence-corrected chi connectivity index (χ0v) is 15.4. The molecule has 0 spiro atoms. The summed E-state index contributed by atoms with van der Waals surface area (Å²) in [7, 11) is -2.94. The van der Waals surface area contributed by atoms with Crippen LogP contribution in [0.15, 0.2) is 30.3 Å². The fourth-order valence-corrected chi connectivity index (χ4v) is 4.75. The molecule has 2 amide bonds. The van der Waals surface area contributed by atoms with Gasteiger partial charge in [0.05, 0.1) is 11.5 Å². The summed E-state index contributed by atoms with van der Waals surface area (Å²) < 4.78 is 22.8. The number of rotatable bonds is 5. The van der Waals surface area contributed by atoms with E-state index in [1.165, 1.54) is 12.0 Å². The van der Waals surface area contributed by atoms with Crippen LogP contribution in [0.4, 0.5) is 4.79 Å². The Bertz CT molecular complexity index is 664. The van der Waals surface area contributed by atoms with E-state index in [0.29, 0.717) is 25.6 Å². The van der Waals surface area contributed by atoms with Crippen molar-refractivity contribution in [3.8, 4) is 0 Å². The Labute approximate surface area is 150 Å². The zero-order chi connectivity index (χ0) is 17.7. The lowest BCUT2D eigenvalue weighted by molar-refractivity contribution is 0.201. The van der Waals surface area contributed by atoms with Gasteiger partial charge in [-0.15, -0.1) is 0 Å². The Hall–Kier alpha value is -1.60. The highest BCUT2D eigenvalue weighted by Gasteiger charge is 2.26. The lowest BCUT2D eigenvalue weighted by Gasteiger charge is -2.27. The number of hydrogen-bond donors (Lipinski definition) is 1. The van der Waals surface area contributed by atoms with Gasteiger partial charge in [0.2, 0.25) is 0 Å². The normalized spacial score (nSPS) is 23.5. The van der Waals surface area contributed by atoms with Crippen molar-refractivity contribution in [3.63, 3.8) is 0 Å². The van der Waals surface area contributed by atoms with E-state index in [4.69, 9.17) is 0 Å². The number of hydrogen-bond acceptors (Lipinski definition) is 4. The van der Waals surface area contributed by atoms with E-state index in [1.807, 2.05) is 6.07 Å². The summed E-state index contributed by atoms with van der Waals surface area (Å²) in [5.41, 5.74) is 1.34. The van der Waals surface area contributed by atoms with Crippen molar-refractivity contribution in [1.82, 2.24) is 15.1 Å². The second-order valence-corrected chi connectivity index (χ2v) is 9.34. The monoisotopic (exact) mass is 365 g/mol. The van der Waals surface area contributed by atoms with E-state index in [0.717, 1.165) is 26.1 Å². The number of benzene rings is 1. The Balaban J connectivity index is 1.34. The maximum absolute atomic E-state index is 12.1. The van der Waals surface area contributed by atoms with Crippen molar-refractivity contribution in [2.75, 3.05) is 44.2 Å². The lowest BCUT2D eigenvalue weighted by Crippen LogP contribution is -2.48. The largest absolute Gasteiger partial charge is 0.338 e. The molecule has 2 aliphatic rings. The summed E-state index contributed by atoms with van der Waals surface area (Å²) in [6.07, 6.45) is 2.15. The van der Waals surface area contributed by atoms with Crippen LogP contribution in [0.2, 0.25) is 0 Å². The molecule has 0 aliphatic carbocycles. The molecule has 7 heteroatoms. The third-order valence-corrected chi connectivity index (χ3v) is 6.69. The van der Waals surface area contributed by atoms with Crippen molar-refractivity contribution >= 4 is 15.9 Å². The summed E-state index contributed by atoms with van der Waals surface area (Å²) in [4.78, 5) is 16.2. The van der Waals surface area contributed by atoms with Crippen LogP contribution >= 0.6 is 0 Å². The highest BCUT2D eigenvalue weighted by Crippen LogP contribution is 2.21. The number of urea groups is 1. The number of nitrogens with one attached hydrogen (secondary N) is 1. The Morgan fingerprint density at radius 2 is 1.84 bits per heavy atom. The number of amides is 2. The SMILES string of the molecule is O=C(NCC[C@@H]1CCN(Cc2ccccc2)C1)N1CCS(=O)(=O)CC1. The molecular weight excluding hydrogens is 338 g/mol. The van der Waals surface area contributed by atoms with Crippen molar-refractivity contribution in [1.29, 1.82) is 0 Å². The van der Waals surface area contributed by atoms with Crippen LogP contribution in [0.1, 0.15) is 18.4 Å². The summed E-state index contributed by atoms with van der Waals surface area (Å²) in [6, 6.07) is 10.4. The van der Waals surface area contributed by atoms with Gasteiger partial charge in [0.1, 0.15) is 0 Å². The predicted octanol–water partition coefficient (Wildman–Crippen LogP) is 1.34. The number of sulfone groups is 1. The topological polar surface area (TPSA) is 69.7 Å². The lowest BCUT2D eigenvalue weighted by atomic mass is 10.1. The first-order valence-corrected chi connectivity index (χ1v) is 10.8. The van der Waals surface area contributed by atoms with Gasteiger partial charge in [0.15, 0.2) is 9.84 Å². The Morgan fingerprint density at radius 3 is 2.56 bits per heavy atom. The van der Waals surface area contributed by atoms with Crippen LogP contribution in [0.25, 0.3) is 0 Å². The maximum atomic E-state index is 12.1. The molecule has 1 N–H and O–H groups in total. The van der Waals surface area contributed by atoms with Gasteiger partial charge in [-0.05, 0) is 30.9 Å². The van der Waals surface area contributed by atoms with Gasteiger partial charge in [0, 0.05) is 32.7 Å². The van der Waals surface area contributed by atoms with Crippen molar-refractivity contribution < 1.29 is 13.2 Å². The van der Waals surface area contributed by atoms with Crippen LogP contribution in [0.5, 0.6) is 0 Å². The number of nitrogens with zero attached hydrogens (tertiary/aromatic N) is 2. The fourth-order valence-electron chi connectivity index (χ4n) is 3.54. The van der Waals surface area contributed by atoms with Crippen LogP contribution < -0.4 is 5.32 Å². The Kier molecular flexibility index (Phi) is 5.96. The van der Waals surface area contributed by atoms with Crippen LogP contribution in [-0.2, 0) is 16.4 Å². The molecule has 25 heavy (non-hydrogen) atoms. The number of likely N-dealkylation sites (tertiary alicyclic amines) is 1. The molecule has 2 fully saturated rings.